The van der Waals surface area contributed by atoms with E-state index in [9.17, 15) is 19.2 Å². The van der Waals surface area contributed by atoms with Crippen molar-refractivity contribution in [3.05, 3.63) is 72.6 Å². The number of imidazole rings is 2. The van der Waals surface area contributed by atoms with Crippen LogP contribution in [0.2, 0.25) is 0 Å². The lowest BCUT2D eigenvalue weighted by Gasteiger charge is -2.30. The van der Waals surface area contributed by atoms with Gasteiger partial charge in [-0.2, -0.15) is 0 Å². The van der Waals surface area contributed by atoms with E-state index in [4.69, 9.17) is 19.4 Å². The molecule has 2 aliphatic heterocycles. The number of H-pyrrole nitrogens is 2. The normalized spacial score (nSPS) is 17.9. The van der Waals surface area contributed by atoms with E-state index in [1.807, 2.05) is 37.5 Å². The Morgan fingerprint density at radius 1 is 0.586 bits per heavy atom. The quantitative estimate of drug-likeness (QED) is 0.106. The van der Waals surface area contributed by atoms with Crippen LogP contribution < -0.4 is 10.6 Å². The van der Waals surface area contributed by atoms with Gasteiger partial charge in [0.05, 0.1) is 48.1 Å². The van der Waals surface area contributed by atoms with Crippen molar-refractivity contribution in [2.24, 2.45) is 11.8 Å². The fraction of sp³-hybridized carbons (Fsp3) is 0.500. The lowest BCUT2D eigenvalue weighted by Crippen LogP contribution is -2.51. The van der Waals surface area contributed by atoms with Gasteiger partial charge in [0.15, 0.2) is 0 Å². The van der Waals surface area contributed by atoms with Crippen molar-refractivity contribution in [3.8, 4) is 33.6 Å². The maximum absolute atomic E-state index is 13.7. The molecule has 6 rings (SSSR count). The van der Waals surface area contributed by atoms with Gasteiger partial charge >= 0.3 is 12.2 Å². The lowest BCUT2D eigenvalue weighted by molar-refractivity contribution is -0.136. The van der Waals surface area contributed by atoms with Crippen LogP contribution in [-0.4, -0.2) is 91.1 Å². The van der Waals surface area contributed by atoms with Gasteiger partial charge in [0, 0.05) is 13.1 Å². The highest BCUT2D eigenvalue weighted by atomic mass is 16.6. The molecule has 0 aliphatic carbocycles. The van der Waals surface area contributed by atoms with Crippen molar-refractivity contribution in [2.45, 2.75) is 117 Å². The molecule has 14 heteroatoms. The molecule has 0 saturated carbocycles. The third-order valence-electron chi connectivity index (χ3n) is 10.7. The molecular weight excluding hydrogens is 737 g/mol. The van der Waals surface area contributed by atoms with E-state index in [0.717, 1.165) is 71.0 Å². The number of ether oxygens (including phenoxy) is 2. The number of hydrogen-bond donors (Lipinski definition) is 4. The molecule has 0 spiro atoms. The Morgan fingerprint density at radius 3 is 1.26 bits per heavy atom. The highest BCUT2D eigenvalue weighted by Gasteiger charge is 2.39. The molecule has 0 bridgehead atoms. The number of rotatable bonds is 13. The summed E-state index contributed by atoms with van der Waals surface area (Å²) in [5.41, 5.74) is 5.78. The van der Waals surface area contributed by atoms with E-state index in [2.05, 4.69) is 69.1 Å². The van der Waals surface area contributed by atoms with Crippen molar-refractivity contribution in [1.29, 1.82) is 0 Å². The molecule has 0 unspecified atom stereocenters. The van der Waals surface area contributed by atoms with Crippen LogP contribution >= 0.6 is 0 Å². The number of nitrogens with one attached hydrogen (secondary N) is 4. The van der Waals surface area contributed by atoms with E-state index in [1.54, 1.807) is 40.1 Å². The fourth-order valence-electron chi connectivity index (χ4n) is 7.75. The van der Waals surface area contributed by atoms with Crippen LogP contribution in [0.15, 0.2) is 60.9 Å². The Labute approximate surface area is 340 Å². The summed E-state index contributed by atoms with van der Waals surface area (Å²) in [6.07, 6.45) is 5.11. The average Bonchev–Trinajstić information content (AvgIpc) is 4.01. The van der Waals surface area contributed by atoms with Gasteiger partial charge in [-0.3, -0.25) is 9.59 Å². The van der Waals surface area contributed by atoms with Gasteiger partial charge in [0.25, 0.3) is 0 Å². The van der Waals surface area contributed by atoms with Gasteiger partial charge in [-0.15, -0.1) is 0 Å². The van der Waals surface area contributed by atoms with Gasteiger partial charge in [-0.05, 0) is 87.5 Å². The summed E-state index contributed by atoms with van der Waals surface area (Å²) in [6, 6.07) is 14.7. The molecule has 4 atom stereocenters. The number of hydrogen-bond acceptors (Lipinski definition) is 8. The molecule has 2 fully saturated rings. The minimum absolute atomic E-state index is 0.114. The van der Waals surface area contributed by atoms with Gasteiger partial charge in [-0.25, -0.2) is 19.6 Å². The van der Waals surface area contributed by atoms with Crippen molar-refractivity contribution in [2.75, 3.05) is 13.1 Å². The predicted molar refractivity (Wildman–Crippen MR) is 221 cm³/mol. The number of alkyl carbamates (subject to hydrolysis) is 2. The Kier molecular flexibility index (Phi) is 13.2. The molecule has 2 aromatic carbocycles. The number of amides is 4. The Morgan fingerprint density at radius 2 is 0.931 bits per heavy atom. The van der Waals surface area contributed by atoms with E-state index < -0.39 is 24.3 Å². The number of nitrogens with zero attached hydrogens (tertiary/aromatic N) is 4. The van der Waals surface area contributed by atoms with E-state index in [1.165, 1.54) is 0 Å². The van der Waals surface area contributed by atoms with E-state index >= 15 is 0 Å². The smallest absolute Gasteiger partial charge is 0.408 e. The molecule has 58 heavy (non-hydrogen) atoms. The highest BCUT2D eigenvalue weighted by Crippen LogP contribution is 2.35. The van der Waals surface area contributed by atoms with Crippen molar-refractivity contribution < 1.29 is 28.7 Å². The molecule has 310 valence electrons. The summed E-state index contributed by atoms with van der Waals surface area (Å²) in [4.78, 5) is 72.1. The number of benzene rings is 2. The molecule has 4 N–H and O–H groups in total. The van der Waals surface area contributed by atoms with E-state index in [-0.39, 0.29) is 47.9 Å². The largest absolute Gasteiger partial charge is 0.447 e. The zero-order valence-electron chi connectivity index (χ0n) is 34.9. The third kappa shape index (κ3) is 9.71. The maximum Gasteiger partial charge on any atom is 0.408 e. The number of likely N-dealkylation sites (tertiary alicyclic amines) is 2. The van der Waals surface area contributed by atoms with E-state index in [0.29, 0.717) is 13.1 Å². The number of aromatic nitrogens is 4. The summed E-state index contributed by atoms with van der Waals surface area (Å²) in [5.74, 6) is 0.950. The molecule has 2 aromatic heterocycles. The van der Waals surface area contributed by atoms with Crippen LogP contribution in [0.1, 0.15) is 105 Å². The summed E-state index contributed by atoms with van der Waals surface area (Å²) < 4.78 is 10.5. The first-order valence-electron chi connectivity index (χ1n) is 20.6. The monoisotopic (exact) mass is 794 g/mol. The third-order valence-corrected chi connectivity index (χ3v) is 10.7. The van der Waals surface area contributed by atoms with Crippen LogP contribution in [0.25, 0.3) is 33.6 Å². The molecular formula is C44H58N8O6. The molecule has 2 aliphatic rings. The van der Waals surface area contributed by atoms with Crippen LogP contribution in [0, 0.1) is 11.8 Å². The van der Waals surface area contributed by atoms with Crippen LogP contribution in [0.3, 0.4) is 0 Å². The van der Waals surface area contributed by atoms with Crippen molar-refractivity contribution in [3.63, 3.8) is 0 Å². The minimum Gasteiger partial charge on any atom is -0.447 e. The molecule has 2 saturated heterocycles. The standard InChI is InChI=1S/C44H58N8O6/c1-25(2)37(49-43(55)57-27(5)6)41(53)51-21-9-11-35(51)39-45-23-33(47-39)31-17-13-29(14-18-31)30-15-19-32(20-16-30)34-24-46-40(48-34)36-12-10-22-52(36)42(54)38(26(3)4)50-44(56)58-28(7)8/h13-20,23-28,35-38H,9-12,21-22H2,1-8H3,(H,45,47)(H,46,48)(H,49,55)(H,50,56)/t35-,36-,37-,38-/m0/s1. The number of carbonyl (C=O) groups excluding carboxylic acids is 4. The molecule has 14 nitrogen and oxygen atoms in total. The lowest BCUT2D eigenvalue weighted by atomic mass is 10.0. The number of carbonyl (C=O) groups is 4. The van der Waals surface area contributed by atoms with Crippen LogP contribution in [0.5, 0.6) is 0 Å². The summed E-state index contributed by atoms with van der Waals surface area (Å²) in [5, 5.41) is 5.55. The first-order valence-corrected chi connectivity index (χ1v) is 20.6. The zero-order valence-corrected chi connectivity index (χ0v) is 34.9. The summed E-state index contributed by atoms with van der Waals surface area (Å²) in [7, 11) is 0. The van der Waals surface area contributed by atoms with Gasteiger partial charge in [0.1, 0.15) is 23.7 Å². The molecule has 4 amide bonds. The fourth-order valence-corrected chi connectivity index (χ4v) is 7.75. The van der Waals surface area contributed by atoms with Crippen molar-refractivity contribution in [1.82, 2.24) is 40.4 Å². The van der Waals surface area contributed by atoms with Crippen LogP contribution in [-0.2, 0) is 19.1 Å². The molecule has 4 heterocycles. The second kappa shape index (κ2) is 18.3. The number of aromatic amines is 2. The second-order valence-electron chi connectivity index (χ2n) is 16.5. The van der Waals surface area contributed by atoms with Gasteiger partial charge in [0.2, 0.25) is 11.8 Å². The van der Waals surface area contributed by atoms with Gasteiger partial charge in [-0.1, -0.05) is 76.2 Å². The molecule has 4 aromatic rings. The first kappa shape index (κ1) is 42.0. The topological polar surface area (TPSA) is 175 Å². The summed E-state index contributed by atoms with van der Waals surface area (Å²) in [6.45, 7) is 15.9. The first-order chi connectivity index (χ1) is 27.7. The Balaban J connectivity index is 1.09. The average molecular weight is 795 g/mol. The SMILES string of the molecule is CC(C)OC(=O)N[C@H](C(=O)N1CCC[C@H]1c1ncc(-c2ccc(-c3ccc(-c4cnc([C@@H]5CCCN5C(=O)[C@@H](NC(=O)OC(C)C)C(C)C)[nH]4)cc3)cc2)[nH]1)C(C)C. The Bertz CT molecular complexity index is 1890. The van der Waals surface area contributed by atoms with Crippen LogP contribution in [0.4, 0.5) is 9.59 Å². The van der Waals surface area contributed by atoms with Gasteiger partial charge < -0.3 is 39.9 Å². The maximum atomic E-state index is 13.7. The highest BCUT2D eigenvalue weighted by molar-refractivity contribution is 5.87. The minimum atomic E-state index is -0.698. The second-order valence-corrected chi connectivity index (χ2v) is 16.5. The Hall–Kier alpha value is -5.66. The van der Waals surface area contributed by atoms with Crippen molar-refractivity contribution >= 4 is 24.0 Å². The summed E-state index contributed by atoms with van der Waals surface area (Å²) >= 11 is 0. The zero-order chi connectivity index (χ0) is 41.7. The molecule has 0 radical (unpaired) electrons. The predicted octanol–water partition coefficient (Wildman–Crippen LogP) is 7.78.